The lowest BCUT2D eigenvalue weighted by Crippen LogP contribution is -2.04. The van der Waals surface area contributed by atoms with Gasteiger partial charge in [0, 0.05) is 17.1 Å². The molecule has 0 saturated heterocycles. The molecule has 0 atom stereocenters. The van der Waals surface area contributed by atoms with Gasteiger partial charge in [-0.15, -0.1) is 0 Å². The van der Waals surface area contributed by atoms with Gasteiger partial charge in [0.2, 0.25) is 0 Å². The summed E-state index contributed by atoms with van der Waals surface area (Å²) >= 11 is 0. The molecule has 0 amide bonds. The highest BCUT2D eigenvalue weighted by molar-refractivity contribution is 5.78. The van der Waals surface area contributed by atoms with Crippen molar-refractivity contribution in [2.45, 2.75) is 13.2 Å². The topological polar surface area (TPSA) is 50.9 Å². The minimum atomic E-state index is -0.271. The van der Waals surface area contributed by atoms with Crippen molar-refractivity contribution >= 4 is 11.0 Å². The van der Waals surface area contributed by atoms with Gasteiger partial charge in [0.25, 0.3) is 0 Å². The first kappa shape index (κ1) is 11.8. The lowest BCUT2D eigenvalue weighted by molar-refractivity contribution is 0.276. The van der Waals surface area contributed by atoms with Crippen molar-refractivity contribution in [2.24, 2.45) is 0 Å². The zero-order valence-electron chi connectivity index (χ0n) is 10.1. The molecule has 0 aliphatic rings. The summed E-state index contributed by atoms with van der Waals surface area (Å²) in [7, 11) is 0. The Morgan fingerprint density at radius 3 is 2.79 bits per heavy atom. The van der Waals surface area contributed by atoms with E-state index in [1.165, 1.54) is 6.07 Å². The molecule has 1 aromatic carbocycles. The maximum atomic E-state index is 13.7. The third-order valence-electron chi connectivity index (χ3n) is 3.01. The second-order valence-corrected chi connectivity index (χ2v) is 4.23. The number of halogens is 1. The van der Waals surface area contributed by atoms with Crippen molar-refractivity contribution in [2.75, 3.05) is 0 Å². The molecule has 0 saturated carbocycles. The van der Waals surface area contributed by atoms with E-state index >= 15 is 0 Å². The van der Waals surface area contributed by atoms with Crippen LogP contribution in [0.5, 0.6) is 0 Å². The van der Waals surface area contributed by atoms with Crippen LogP contribution in [0, 0.1) is 5.82 Å². The number of benzene rings is 1. The third-order valence-corrected chi connectivity index (χ3v) is 3.01. The molecule has 2 heterocycles. The fraction of sp³-hybridized carbons (Fsp3) is 0.143. The highest BCUT2D eigenvalue weighted by Gasteiger charge is 2.11. The van der Waals surface area contributed by atoms with Crippen LogP contribution in [-0.4, -0.2) is 19.9 Å². The Kier molecular flexibility index (Phi) is 2.97. The molecule has 0 fully saturated rings. The molecule has 19 heavy (non-hydrogen) atoms. The molecule has 0 spiro atoms. The predicted octanol–water partition coefficient (Wildman–Crippen LogP) is 2.11. The zero-order valence-corrected chi connectivity index (χ0v) is 10.1. The Bertz CT molecular complexity index is 724. The van der Waals surface area contributed by atoms with Crippen LogP contribution >= 0.6 is 0 Å². The zero-order chi connectivity index (χ0) is 13.2. The number of aromatic nitrogens is 3. The minimum absolute atomic E-state index is 0.160. The smallest absolute Gasteiger partial charge is 0.158 e. The molecule has 96 valence electrons. The number of rotatable bonds is 3. The highest BCUT2D eigenvalue weighted by atomic mass is 19.1. The molecule has 2 aromatic heterocycles. The summed E-state index contributed by atoms with van der Waals surface area (Å²) in [6.07, 6.45) is 1.66. The van der Waals surface area contributed by atoms with Gasteiger partial charge >= 0.3 is 0 Å². The average Bonchev–Trinajstić information content (AvgIpc) is 2.80. The summed E-state index contributed by atoms with van der Waals surface area (Å²) in [5.41, 5.74) is 1.75. The predicted molar refractivity (Wildman–Crippen MR) is 69.0 cm³/mol. The number of aliphatic hydroxyl groups excluding tert-OH is 1. The van der Waals surface area contributed by atoms with Gasteiger partial charge < -0.3 is 5.11 Å². The molecule has 0 aliphatic carbocycles. The fourth-order valence-corrected chi connectivity index (χ4v) is 2.09. The highest BCUT2D eigenvalue weighted by Crippen LogP contribution is 2.18. The quantitative estimate of drug-likeness (QED) is 0.781. The van der Waals surface area contributed by atoms with Crippen LogP contribution in [0.4, 0.5) is 4.39 Å². The summed E-state index contributed by atoms with van der Waals surface area (Å²) < 4.78 is 15.3. The molecular formula is C14H12FN3O. The van der Waals surface area contributed by atoms with Crippen molar-refractivity contribution in [3.05, 3.63) is 59.7 Å². The van der Waals surface area contributed by atoms with Crippen LogP contribution in [-0.2, 0) is 13.2 Å². The van der Waals surface area contributed by atoms with Crippen molar-refractivity contribution in [3.8, 4) is 0 Å². The second kappa shape index (κ2) is 4.78. The number of hydrogen-bond acceptors (Lipinski definition) is 3. The van der Waals surface area contributed by atoms with Gasteiger partial charge in [-0.25, -0.2) is 14.1 Å². The Morgan fingerprint density at radius 1 is 1.16 bits per heavy atom. The van der Waals surface area contributed by atoms with Crippen LogP contribution in [0.3, 0.4) is 0 Å². The number of nitrogens with zero attached hydrogens (tertiary/aromatic N) is 3. The van der Waals surface area contributed by atoms with Gasteiger partial charge in [0.15, 0.2) is 5.65 Å². The fourth-order valence-electron chi connectivity index (χ4n) is 2.09. The minimum Gasteiger partial charge on any atom is -0.390 e. The molecule has 0 bridgehead atoms. The van der Waals surface area contributed by atoms with Crippen LogP contribution in [0.2, 0.25) is 0 Å². The first-order chi connectivity index (χ1) is 9.29. The van der Waals surface area contributed by atoms with E-state index in [1.54, 1.807) is 35.1 Å². The number of fused-ring (bicyclic) bond motifs is 1. The first-order valence-corrected chi connectivity index (χ1v) is 5.94. The second-order valence-electron chi connectivity index (χ2n) is 4.23. The Hall–Kier alpha value is -2.27. The summed E-state index contributed by atoms with van der Waals surface area (Å²) in [4.78, 5) is 4.24. The SMILES string of the molecule is OCc1nn(Cc2ccccc2F)c2ncccc12. The molecule has 0 aliphatic heterocycles. The molecule has 5 heteroatoms. The summed E-state index contributed by atoms with van der Waals surface area (Å²) in [6.45, 7) is 0.132. The normalized spacial score (nSPS) is 11.1. The van der Waals surface area contributed by atoms with Gasteiger partial charge in [-0.05, 0) is 18.2 Å². The van der Waals surface area contributed by atoms with Crippen molar-refractivity contribution in [1.82, 2.24) is 14.8 Å². The largest absolute Gasteiger partial charge is 0.390 e. The number of aliphatic hydroxyl groups is 1. The monoisotopic (exact) mass is 257 g/mol. The Balaban J connectivity index is 2.09. The van der Waals surface area contributed by atoms with Crippen LogP contribution in [0.15, 0.2) is 42.6 Å². The number of pyridine rings is 1. The molecule has 3 rings (SSSR count). The molecular weight excluding hydrogens is 245 g/mol. The van der Waals surface area contributed by atoms with E-state index in [-0.39, 0.29) is 12.4 Å². The molecule has 0 radical (unpaired) electrons. The number of hydrogen-bond donors (Lipinski definition) is 1. The van der Waals surface area contributed by atoms with Gasteiger partial charge in [-0.2, -0.15) is 5.10 Å². The lowest BCUT2D eigenvalue weighted by Gasteiger charge is -2.04. The maximum absolute atomic E-state index is 13.7. The van der Waals surface area contributed by atoms with Crippen molar-refractivity contribution in [3.63, 3.8) is 0 Å². The van der Waals surface area contributed by atoms with Gasteiger partial charge in [-0.1, -0.05) is 18.2 Å². The molecule has 1 N–H and O–H groups in total. The summed E-state index contributed by atoms with van der Waals surface area (Å²) in [5, 5.41) is 14.4. The van der Waals surface area contributed by atoms with Crippen LogP contribution < -0.4 is 0 Å². The standard InChI is InChI=1S/C14H12FN3O/c15-12-6-2-1-4-10(12)8-18-14-11(5-3-7-16-14)13(9-19)17-18/h1-7,19H,8-9H2. The van der Waals surface area contributed by atoms with Gasteiger partial charge in [-0.3, -0.25) is 0 Å². The van der Waals surface area contributed by atoms with E-state index < -0.39 is 0 Å². The first-order valence-electron chi connectivity index (χ1n) is 5.94. The lowest BCUT2D eigenvalue weighted by atomic mass is 10.2. The van der Waals surface area contributed by atoms with E-state index in [0.717, 1.165) is 5.39 Å². The van der Waals surface area contributed by atoms with E-state index in [0.29, 0.717) is 23.4 Å². The van der Waals surface area contributed by atoms with Gasteiger partial charge in [0.1, 0.15) is 5.82 Å². The van der Waals surface area contributed by atoms with Crippen molar-refractivity contribution in [1.29, 1.82) is 0 Å². The van der Waals surface area contributed by atoms with E-state index in [1.807, 2.05) is 6.07 Å². The molecule has 3 aromatic rings. The van der Waals surface area contributed by atoms with Crippen molar-refractivity contribution < 1.29 is 9.50 Å². The summed E-state index contributed by atoms with van der Waals surface area (Å²) in [6, 6.07) is 10.2. The van der Waals surface area contributed by atoms with E-state index in [9.17, 15) is 9.50 Å². The van der Waals surface area contributed by atoms with E-state index in [4.69, 9.17) is 0 Å². The van der Waals surface area contributed by atoms with E-state index in [2.05, 4.69) is 10.1 Å². The summed E-state index contributed by atoms with van der Waals surface area (Å²) in [5.74, 6) is -0.271. The van der Waals surface area contributed by atoms with Crippen LogP contribution in [0.1, 0.15) is 11.3 Å². The average molecular weight is 257 g/mol. The Morgan fingerprint density at radius 2 is 2.00 bits per heavy atom. The molecule has 4 nitrogen and oxygen atoms in total. The molecule has 0 unspecified atom stereocenters. The van der Waals surface area contributed by atoms with Crippen LogP contribution in [0.25, 0.3) is 11.0 Å². The third kappa shape index (κ3) is 2.08. The van der Waals surface area contributed by atoms with Gasteiger partial charge in [0.05, 0.1) is 18.8 Å². The Labute approximate surface area is 109 Å². The maximum Gasteiger partial charge on any atom is 0.158 e.